The van der Waals surface area contributed by atoms with Gasteiger partial charge in [-0.15, -0.1) is 0 Å². The molecule has 1 aliphatic carbocycles. The van der Waals surface area contributed by atoms with Crippen LogP contribution in [-0.2, 0) is 19.1 Å². The van der Waals surface area contributed by atoms with Crippen molar-refractivity contribution in [3.05, 3.63) is 0 Å². The smallest absolute Gasteiger partial charge is 0.334 e. The Balaban J connectivity index is 2.03. The van der Waals surface area contributed by atoms with Crippen molar-refractivity contribution in [2.45, 2.75) is 38.0 Å². The lowest BCUT2D eigenvalue weighted by Crippen LogP contribution is -2.80. The van der Waals surface area contributed by atoms with E-state index < -0.39 is 23.0 Å². The molecule has 0 aromatic carbocycles. The van der Waals surface area contributed by atoms with Crippen LogP contribution in [0.15, 0.2) is 0 Å². The number of amides is 1. The molecule has 2 fully saturated rings. The van der Waals surface area contributed by atoms with E-state index in [-0.39, 0.29) is 24.5 Å². The van der Waals surface area contributed by atoms with Gasteiger partial charge in [0.1, 0.15) is 5.54 Å². The Hall–Kier alpha value is -1.18. The van der Waals surface area contributed by atoms with Gasteiger partial charge in [0, 0.05) is 25.0 Å². The quantitative estimate of drug-likeness (QED) is 0.619. The van der Waals surface area contributed by atoms with Gasteiger partial charge in [-0.1, -0.05) is 13.8 Å². The summed E-state index contributed by atoms with van der Waals surface area (Å²) in [6.45, 7) is 4.33. The molecule has 1 amide bonds. The number of fused-ring (bicyclic) bond motifs is 1. The predicted molar refractivity (Wildman–Crippen MR) is 70.0 cm³/mol. The number of carbonyl (C=O) groups excluding carboxylic acids is 1. The molecule has 0 spiro atoms. The highest BCUT2D eigenvalue weighted by atomic mass is 16.5. The second kappa shape index (κ2) is 4.98. The average Bonchev–Trinajstić information content (AvgIpc) is 2.85. The maximum absolute atomic E-state index is 12.4. The largest absolute Gasteiger partial charge is 0.479 e. The fraction of sp³-hybridized carbons (Fsp3) is 0.846. The van der Waals surface area contributed by atoms with Gasteiger partial charge in [0.15, 0.2) is 6.10 Å². The summed E-state index contributed by atoms with van der Waals surface area (Å²) in [6.07, 6.45) is -0.317. The third kappa shape index (κ3) is 1.92. The van der Waals surface area contributed by atoms with Gasteiger partial charge in [0.05, 0.1) is 12.6 Å². The van der Waals surface area contributed by atoms with Crippen LogP contribution in [0.3, 0.4) is 0 Å². The Kier molecular flexibility index (Phi) is 3.79. The first-order valence-corrected chi connectivity index (χ1v) is 6.71. The minimum Gasteiger partial charge on any atom is -0.479 e. The number of nitrogens with one attached hydrogen (secondary N) is 1. The number of carboxylic acid groups (broad SMARTS) is 1. The molecule has 0 aromatic rings. The zero-order valence-electron chi connectivity index (χ0n) is 12.0. The number of nitrogens with two attached hydrogens (primary N) is 1. The molecule has 1 heterocycles. The second-order valence-corrected chi connectivity index (χ2v) is 6.05. The highest BCUT2D eigenvalue weighted by molar-refractivity contribution is 5.90. The monoisotopic (exact) mass is 286 g/mol. The Labute approximate surface area is 117 Å². The van der Waals surface area contributed by atoms with Gasteiger partial charge in [0.25, 0.3) is 0 Å². The first-order chi connectivity index (χ1) is 9.26. The molecule has 0 aromatic heterocycles. The minimum atomic E-state index is -1.12. The highest BCUT2D eigenvalue weighted by Gasteiger charge is 2.71. The van der Waals surface area contributed by atoms with Gasteiger partial charge in [-0.25, -0.2) is 4.79 Å². The van der Waals surface area contributed by atoms with Gasteiger partial charge in [-0.05, 0) is 6.42 Å². The normalized spacial score (nSPS) is 35.8. The van der Waals surface area contributed by atoms with Crippen molar-refractivity contribution < 1.29 is 24.2 Å². The van der Waals surface area contributed by atoms with Crippen LogP contribution in [0.2, 0.25) is 0 Å². The summed E-state index contributed by atoms with van der Waals surface area (Å²) in [4.78, 5) is 23.3. The van der Waals surface area contributed by atoms with E-state index in [1.807, 2.05) is 13.8 Å². The standard InChI is InChI=1S/C13H22N2O5/c1-12(2)9-7(4-5-20-9)13(12,14)11(18)15-6-8(19-3)10(16)17/h7-9H,4-6,14H2,1-3H3,(H,15,18)(H,16,17). The van der Waals surface area contributed by atoms with Crippen LogP contribution in [0.5, 0.6) is 0 Å². The molecule has 114 valence electrons. The van der Waals surface area contributed by atoms with Crippen molar-refractivity contribution in [2.75, 3.05) is 20.3 Å². The Morgan fingerprint density at radius 1 is 1.55 bits per heavy atom. The fourth-order valence-corrected chi connectivity index (χ4v) is 3.45. The van der Waals surface area contributed by atoms with Crippen LogP contribution in [0.25, 0.3) is 0 Å². The molecule has 1 saturated carbocycles. The van der Waals surface area contributed by atoms with E-state index in [4.69, 9.17) is 20.3 Å². The van der Waals surface area contributed by atoms with Gasteiger partial charge >= 0.3 is 5.97 Å². The van der Waals surface area contributed by atoms with Gasteiger partial charge in [-0.3, -0.25) is 4.79 Å². The molecule has 1 saturated heterocycles. The van der Waals surface area contributed by atoms with Crippen molar-refractivity contribution in [1.29, 1.82) is 0 Å². The first-order valence-electron chi connectivity index (χ1n) is 6.71. The lowest BCUT2D eigenvalue weighted by Gasteiger charge is -2.60. The number of ether oxygens (including phenoxy) is 2. The first kappa shape index (κ1) is 15.2. The SMILES string of the molecule is COC(CNC(=O)C1(N)C2CCOC2C1(C)C)C(=O)O. The maximum atomic E-state index is 12.4. The van der Waals surface area contributed by atoms with Gasteiger partial charge < -0.3 is 25.6 Å². The Morgan fingerprint density at radius 3 is 2.75 bits per heavy atom. The number of carbonyl (C=O) groups is 2. The molecule has 2 rings (SSSR count). The number of aliphatic carboxylic acids is 1. The summed E-state index contributed by atoms with van der Waals surface area (Å²) in [5.74, 6) is -1.46. The van der Waals surface area contributed by atoms with E-state index in [0.29, 0.717) is 6.61 Å². The molecular weight excluding hydrogens is 264 g/mol. The summed E-state index contributed by atoms with van der Waals surface area (Å²) in [5.41, 5.74) is 4.84. The van der Waals surface area contributed by atoms with E-state index in [1.165, 1.54) is 7.11 Å². The van der Waals surface area contributed by atoms with Crippen molar-refractivity contribution in [3.63, 3.8) is 0 Å². The topological polar surface area (TPSA) is 111 Å². The summed E-state index contributed by atoms with van der Waals surface area (Å²) in [6, 6.07) is 0. The summed E-state index contributed by atoms with van der Waals surface area (Å²) < 4.78 is 10.4. The molecule has 7 nitrogen and oxygen atoms in total. The summed E-state index contributed by atoms with van der Waals surface area (Å²) in [5, 5.41) is 11.5. The number of rotatable bonds is 5. The lowest BCUT2D eigenvalue weighted by atomic mass is 9.48. The zero-order valence-corrected chi connectivity index (χ0v) is 12.0. The summed E-state index contributed by atoms with van der Waals surface area (Å²) >= 11 is 0. The van der Waals surface area contributed by atoms with Crippen molar-refractivity contribution in [3.8, 4) is 0 Å². The molecule has 7 heteroatoms. The Bertz CT molecular complexity index is 425. The molecule has 0 radical (unpaired) electrons. The van der Waals surface area contributed by atoms with Crippen LogP contribution in [-0.4, -0.2) is 55.0 Å². The predicted octanol–water partition coefficient (Wildman–Crippen LogP) is -0.655. The molecule has 20 heavy (non-hydrogen) atoms. The van der Waals surface area contributed by atoms with E-state index in [1.54, 1.807) is 0 Å². The molecule has 2 aliphatic rings. The maximum Gasteiger partial charge on any atom is 0.334 e. The molecule has 4 unspecified atom stereocenters. The number of hydrogen-bond acceptors (Lipinski definition) is 5. The van der Waals surface area contributed by atoms with Crippen LogP contribution < -0.4 is 11.1 Å². The van der Waals surface area contributed by atoms with E-state index in [9.17, 15) is 9.59 Å². The fourth-order valence-electron chi connectivity index (χ4n) is 3.45. The third-order valence-corrected chi connectivity index (χ3v) is 4.84. The van der Waals surface area contributed by atoms with Crippen molar-refractivity contribution >= 4 is 11.9 Å². The van der Waals surface area contributed by atoms with Crippen LogP contribution in [0.4, 0.5) is 0 Å². The molecule has 0 bridgehead atoms. The van der Waals surface area contributed by atoms with Gasteiger partial charge in [0.2, 0.25) is 5.91 Å². The Morgan fingerprint density at radius 2 is 2.20 bits per heavy atom. The van der Waals surface area contributed by atoms with E-state index in [0.717, 1.165) is 6.42 Å². The second-order valence-electron chi connectivity index (χ2n) is 6.05. The van der Waals surface area contributed by atoms with Crippen molar-refractivity contribution in [2.24, 2.45) is 17.1 Å². The molecular formula is C13H22N2O5. The number of hydrogen-bond donors (Lipinski definition) is 3. The minimum absolute atomic E-state index is 0.00375. The lowest BCUT2D eigenvalue weighted by molar-refractivity contribution is -0.176. The summed E-state index contributed by atoms with van der Waals surface area (Å²) in [7, 11) is 1.29. The molecule has 4 N–H and O–H groups in total. The van der Waals surface area contributed by atoms with Crippen LogP contribution >= 0.6 is 0 Å². The van der Waals surface area contributed by atoms with Crippen LogP contribution in [0.1, 0.15) is 20.3 Å². The van der Waals surface area contributed by atoms with E-state index >= 15 is 0 Å². The third-order valence-electron chi connectivity index (χ3n) is 4.84. The number of methoxy groups -OCH3 is 1. The average molecular weight is 286 g/mol. The van der Waals surface area contributed by atoms with Crippen LogP contribution in [0, 0.1) is 11.3 Å². The zero-order chi connectivity index (χ0) is 15.1. The van der Waals surface area contributed by atoms with E-state index in [2.05, 4.69) is 5.32 Å². The van der Waals surface area contributed by atoms with Gasteiger partial charge in [-0.2, -0.15) is 0 Å². The number of carboxylic acids is 1. The highest BCUT2D eigenvalue weighted by Crippen LogP contribution is 2.58. The van der Waals surface area contributed by atoms with Crippen molar-refractivity contribution in [1.82, 2.24) is 5.32 Å². The molecule has 1 aliphatic heterocycles. The molecule has 4 atom stereocenters.